The summed E-state index contributed by atoms with van der Waals surface area (Å²) in [7, 11) is 0. The fraction of sp³-hybridized carbons (Fsp3) is 0.548. The first-order chi connectivity index (χ1) is 19.9. The minimum Gasteiger partial charge on any atom is -0.508 e. The van der Waals surface area contributed by atoms with E-state index in [0.717, 1.165) is 65.9 Å². The van der Waals surface area contributed by atoms with E-state index in [2.05, 4.69) is 15.1 Å². The summed E-state index contributed by atoms with van der Waals surface area (Å²) in [5.74, 6) is 1.06. The second-order valence-electron chi connectivity index (χ2n) is 12.5. The molecule has 41 heavy (non-hydrogen) atoms. The largest absolute Gasteiger partial charge is 0.508 e. The fourth-order valence-corrected chi connectivity index (χ4v) is 8.32. The zero-order valence-corrected chi connectivity index (χ0v) is 23.7. The Hall–Kier alpha value is -2.72. The second-order valence-corrected chi connectivity index (χ2v) is 12.9. The molecule has 5 aliphatic heterocycles. The van der Waals surface area contributed by atoms with Crippen molar-refractivity contribution in [3.63, 3.8) is 0 Å². The smallest absolute Gasteiger partial charge is 0.318 e. The highest BCUT2D eigenvalue weighted by Crippen LogP contribution is 2.43. The van der Waals surface area contributed by atoms with Crippen molar-refractivity contribution in [1.82, 2.24) is 20.2 Å². The minimum absolute atomic E-state index is 0.177. The van der Waals surface area contributed by atoms with E-state index in [9.17, 15) is 9.50 Å². The van der Waals surface area contributed by atoms with Crippen molar-refractivity contribution >= 4 is 28.2 Å². The number of aromatic nitrogens is 2. The van der Waals surface area contributed by atoms with Gasteiger partial charge in [0, 0.05) is 60.5 Å². The second kappa shape index (κ2) is 9.93. The molecule has 2 bridgehead atoms. The van der Waals surface area contributed by atoms with Crippen molar-refractivity contribution in [3.8, 4) is 11.8 Å². The van der Waals surface area contributed by atoms with Crippen LogP contribution in [-0.2, 0) is 17.8 Å². The van der Waals surface area contributed by atoms with Gasteiger partial charge < -0.3 is 24.8 Å². The summed E-state index contributed by atoms with van der Waals surface area (Å²) in [5, 5.41) is 16.6. The van der Waals surface area contributed by atoms with Crippen LogP contribution in [0.1, 0.15) is 55.0 Å². The maximum atomic E-state index is 14.4. The van der Waals surface area contributed by atoms with E-state index in [1.165, 1.54) is 12.8 Å². The van der Waals surface area contributed by atoms with E-state index in [4.69, 9.17) is 31.0 Å². The lowest BCUT2D eigenvalue weighted by atomic mass is 9.94. The van der Waals surface area contributed by atoms with E-state index < -0.39 is 6.17 Å². The molecular weight excluding hydrogens is 545 g/mol. The average Bonchev–Trinajstić information content (AvgIpc) is 3.61. The van der Waals surface area contributed by atoms with Crippen molar-refractivity contribution in [2.75, 3.05) is 37.7 Å². The van der Waals surface area contributed by atoms with Crippen LogP contribution in [0.4, 0.5) is 10.2 Å². The first-order valence-corrected chi connectivity index (χ1v) is 15.3. The van der Waals surface area contributed by atoms with Crippen LogP contribution in [0.3, 0.4) is 0 Å². The molecule has 2 aromatic carbocycles. The Morgan fingerprint density at radius 3 is 2.88 bits per heavy atom. The molecule has 4 saturated heterocycles. The highest BCUT2D eigenvalue weighted by Gasteiger charge is 2.49. The molecule has 8 rings (SSSR count). The van der Waals surface area contributed by atoms with Crippen molar-refractivity contribution in [1.29, 1.82) is 0 Å². The third-order valence-electron chi connectivity index (χ3n) is 9.89. The highest BCUT2D eigenvalue weighted by molar-refractivity contribution is 6.35. The van der Waals surface area contributed by atoms with Gasteiger partial charge in [-0.2, -0.15) is 9.97 Å². The molecule has 216 valence electrons. The Labute approximate surface area is 243 Å². The standard InChI is InChI=1S/C31H35ClFN5O3/c32-25-4-1-3-18-9-22(39)10-23(28(18)25)27-11-26-24(16-40-27)29(37-14-20-5-6-21(15-37)34-20)36-30(35-26)41-17-31-7-2-8-38(31)13-19(33)12-31/h1,3-4,9-10,19-21,27,34,39H,2,5-8,11-17H2. The number of benzene rings is 2. The number of anilines is 1. The normalized spacial score (nSPS) is 31.0. The first kappa shape index (κ1) is 25.9. The van der Waals surface area contributed by atoms with Crippen LogP contribution in [0.5, 0.6) is 11.8 Å². The highest BCUT2D eigenvalue weighted by atomic mass is 35.5. The van der Waals surface area contributed by atoms with Crippen LogP contribution < -0.4 is 15.0 Å². The Morgan fingerprint density at radius 2 is 2.02 bits per heavy atom. The van der Waals surface area contributed by atoms with Gasteiger partial charge in [-0.1, -0.05) is 23.7 Å². The van der Waals surface area contributed by atoms with Crippen molar-refractivity contribution in [2.45, 2.75) is 75.0 Å². The SMILES string of the molecule is Oc1cc(C2Cc3nc(OCC45CCCN4CC(F)C5)nc(N4CC5CCC(C4)N5)c3CO2)c2c(Cl)cccc2c1. The quantitative estimate of drug-likeness (QED) is 0.450. The van der Waals surface area contributed by atoms with Gasteiger partial charge in [0.15, 0.2) is 0 Å². The van der Waals surface area contributed by atoms with Crippen LogP contribution in [0.2, 0.25) is 5.02 Å². The number of hydrogen-bond acceptors (Lipinski definition) is 8. The number of fused-ring (bicyclic) bond motifs is 5. The molecule has 0 saturated carbocycles. The van der Waals surface area contributed by atoms with Gasteiger partial charge in [0.05, 0.1) is 23.9 Å². The maximum absolute atomic E-state index is 14.4. The Kier molecular flexibility index (Phi) is 6.29. The number of piperazine rings is 1. The van der Waals surface area contributed by atoms with Gasteiger partial charge in [-0.3, -0.25) is 4.90 Å². The molecule has 4 fully saturated rings. The fourth-order valence-electron chi connectivity index (χ4n) is 8.03. The molecule has 0 aliphatic carbocycles. The van der Waals surface area contributed by atoms with Gasteiger partial charge >= 0.3 is 6.01 Å². The average molecular weight is 580 g/mol. The number of hydrogen-bond donors (Lipinski definition) is 2. The summed E-state index contributed by atoms with van der Waals surface area (Å²) >= 11 is 6.65. The predicted molar refractivity (Wildman–Crippen MR) is 155 cm³/mol. The van der Waals surface area contributed by atoms with Gasteiger partial charge in [0.25, 0.3) is 0 Å². The molecule has 10 heteroatoms. The summed E-state index contributed by atoms with van der Waals surface area (Å²) in [6.45, 7) is 3.93. The number of nitrogens with one attached hydrogen (secondary N) is 1. The van der Waals surface area contributed by atoms with E-state index in [0.29, 0.717) is 55.7 Å². The summed E-state index contributed by atoms with van der Waals surface area (Å²) in [4.78, 5) is 14.6. The predicted octanol–water partition coefficient (Wildman–Crippen LogP) is 4.70. The van der Waals surface area contributed by atoms with Gasteiger partial charge in [-0.05, 0) is 61.4 Å². The van der Waals surface area contributed by atoms with Crippen molar-refractivity contribution in [2.24, 2.45) is 0 Å². The third-order valence-corrected chi connectivity index (χ3v) is 10.2. The summed E-state index contributed by atoms with van der Waals surface area (Å²) < 4.78 is 27.3. The number of phenols is 1. The van der Waals surface area contributed by atoms with Gasteiger partial charge in [-0.25, -0.2) is 4.39 Å². The molecule has 8 nitrogen and oxygen atoms in total. The molecular formula is C31H35ClFN5O3. The van der Waals surface area contributed by atoms with Gasteiger partial charge in [0.1, 0.15) is 24.3 Å². The number of ether oxygens (including phenoxy) is 2. The van der Waals surface area contributed by atoms with Gasteiger partial charge in [0.2, 0.25) is 0 Å². The van der Waals surface area contributed by atoms with Gasteiger partial charge in [-0.15, -0.1) is 0 Å². The Morgan fingerprint density at radius 1 is 1.17 bits per heavy atom. The summed E-state index contributed by atoms with van der Waals surface area (Å²) in [6.07, 6.45) is 4.22. The number of phenolic OH excluding ortho intramolecular Hbond substituents is 1. The molecule has 1 aromatic heterocycles. The molecule has 0 spiro atoms. The number of rotatable bonds is 5. The molecule has 6 heterocycles. The molecule has 0 radical (unpaired) electrons. The molecule has 5 atom stereocenters. The lowest BCUT2D eigenvalue weighted by Gasteiger charge is -2.37. The van der Waals surface area contributed by atoms with Crippen LogP contribution in [0.25, 0.3) is 10.8 Å². The van der Waals surface area contributed by atoms with Crippen LogP contribution >= 0.6 is 11.6 Å². The number of aromatic hydroxyl groups is 1. The number of nitrogens with zero attached hydrogens (tertiary/aromatic N) is 4. The maximum Gasteiger partial charge on any atom is 0.318 e. The van der Waals surface area contributed by atoms with Crippen LogP contribution in [-0.4, -0.2) is 76.6 Å². The molecule has 5 unspecified atom stereocenters. The summed E-state index contributed by atoms with van der Waals surface area (Å²) in [5.41, 5.74) is 2.47. The number of halogens is 2. The molecule has 2 N–H and O–H groups in total. The molecule has 0 amide bonds. The molecule has 3 aromatic rings. The lowest BCUT2D eigenvalue weighted by molar-refractivity contribution is 0.0262. The van der Waals surface area contributed by atoms with Crippen LogP contribution in [0.15, 0.2) is 30.3 Å². The molecule has 5 aliphatic rings. The van der Waals surface area contributed by atoms with Crippen molar-refractivity contribution in [3.05, 3.63) is 52.2 Å². The minimum atomic E-state index is -0.808. The first-order valence-electron chi connectivity index (χ1n) is 14.9. The van der Waals surface area contributed by atoms with Crippen LogP contribution in [0, 0.1) is 0 Å². The summed E-state index contributed by atoms with van der Waals surface area (Å²) in [6, 6.07) is 10.4. The van der Waals surface area contributed by atoms with E-state index >= 15 is 0 Å². The lowest BCUT2D eigenvalue weighted by Crippen LogP contribution is -2.52. The van der Waals surface area contributed by atoms with Crippen molar-refractivity contribution < 1.29 is 19.0 Å². The third kappa shape index (κ3) is 4.52. The Bertz CT molecular complexity index is 1500. The Balaban J connectivity index is 1.15. The van der Waals surface area contributed by atoms with E-state index in [-0.39, 0.29) is 17.4 Å². The monoisotopic (exact) mass is 579 g/mol. The van der Waals surface area contributed by atoms with E-state index in [1.807, 2.05) is 18.2 Å². The topological polar surface area (TPSA) is 83.0 Å². The van der Waals surface area contributed by atoms with E-state index in [1.54, 1.807) is 12.1 Å². The zero-order valence-electron chi connectivity index (χ0n) is 23.0. The zero-order chi connectivity index (χ0) is 27.7. The number of alkyl halides is 1.